The van der Waals surface area contributed by atoms with Crippen LogP contribution in [-0.4, -0.2) is 82.4 Å². The Morgan fingerprint density at radius 2 is 1.62 bits per heavy atom. The molecular formula is C16H23F6N9O8. The number of nitro groups is 1. The Labute approximate surface area is 213 Å². The molecule has 0 aromatic carbocycles. The number of nitrogens with one attached hydrogen (secondary N) is 2. The Bertz CT molecular complexity index is 929. The predicted molar refractivity (Wildman–Crippen MR) is 115 cm³/mol. The Balaban J connectivity index is 0. The second kappa shape index (κ2) is 17.2. The number of nitrogens with zero attached hydrogens (tertiary/aromatic N) is 5. The molecule has 1 unspecified atom stereocenters. The number of primary amides is 1. The normalized spacial score (nSPS) is 17.6. The van der Waals surface area contributed by atoms with E-state index in [1.165, 1.54) is 0 Å². The molecule has 0 saturated carbocycles. The lowest BCUT2D eigenvalue weighted by atomic mass is 9.93. The minimum absolute atomic E-state index is 0.0255. The summed E-state index contributed by atoms with van der Waals surface area (Å²) in [5.74, 6) is -7.28. The van der Waals surface area contributed by atoms with Crippen molar-refractivity contribution in [3.05, 3.63) is 20.6 Å². The minimum Gasteiger partial charge on any atom is -0.475 e. The lowest BCUT2D eigenvalue weighted by Gasteiger charge is -2.15. The molecular weight excluding hydrogens is 560 g/mol. The van der Waals surface area contributed by atoms with Crippen LogP contribution in [0, 0.1) is 16.0 Å². The Morgan fingerprint density at radius 3 is 2.00 bits per heavy atom. The number of carboxylic acids is 2. The quantitative estimate of drug-likeness (QED) is 0.0233. The van der Waals surface area contributed by atoms with Crippen LogP contribution in [0.3, 0.4) is 0 Å². The molecule has 1 saturated heterocycles. The monoisotopic (exact) mass is 583 g/mol. The standard InChI is InChI=1S/C12H21N9O4.2C2HF3O2/c13-11(23)7(2-1-3-16-12(14)19-21(24)25)4-10(22)9-5-8(6-17-9)18-20-15;2*3-2(4,5)1(6)7/h7-9,17H,1-6H2,(H2,13,23)(H3,14,16,19);2*(H,6,7)/t7-,8?,9-;;/m1../s1. The van der Waals surface area contributed by atoms with Crippen molar-refractivity contribution in [3.8, 4) is 0 Å². The molecule has 0 aromatic rings. The summed E-state index contributed by atoms with van der Waals surface area (Å²) in [6.45, 7) is 0.574. The van der Waals surface area contributed by atoms with Gasteiger partial charge in [-0.1, -0.05) is 10.5 Å². The molecule has 0 aromatic heterocycles. The minimum atomic E-state index is -5.08. The number of rotatable bonds is 10. The van der Waals surface area contributed by atoms with Gasteiger partial charge in [0, 0.05) is 30.3 Å². The highest BCUT2D eigenvalue weighted by molar-refractivity contribution is 5.89. The van der Waals surface area contributed by atoms with Crippen LogP contribution < -0.4 is 22.2 Å². The molecule has 0 bridgehead atoms. The Kier molecular flexibility index (Phi) is 16.2. The largest absolute Gasteiger partial charge is 0.490 e. The van der Waals surface area contributed by atoms with E-state index in [-0.39, 0.29) is 30.8 Å². The van der Waals surface area contributed by atoms with Crippen molar-refractivity contribution in [1.29, 1.82) is 0 Å². The van der Waals surface area contributed by atoms with Crippen LogP contribution in [-0.2, 0) is 19.2 Å². The number of guanidine groups is 1. The average molecular weight is 583 g/mol. The van der Waals surface area contributed by atoms with Gasteiger partial charge in [-0.2, -0.15) is 26.3 Å². The molecule has 17 nitrogen and oxygen atoms in total. The number of halogens is 6. The van der Waals surface area contributed by atoms with Crippen LogP contribution >= 0.6 is 0 Å². The smallest absolute Gasteiger partial charge is 0.475 e. The van der Waals surface area contributed by atoms with Gasteiger partial charge >= 0.3 is 24.3 Å². The Morgan fingerprint density at radius 1 is 1.13 bits per heavy atom. The molecule has 1 aliphatic rings. The van der Waals surface area contributed by atoms with Crippen LogP contribution in [0.15, 0.2) is 10.1 Å². The molecule has 222 valence electrons. The fraction of sp³-hybridized carbons (Fsp3) is 0.688. The summed E-state index contributed by atoms with van der Waals surface area (Å²) >= 11 is 0. The van der Waals surface area contributed by atoms with Gasteiger partial charge in [-0.25, -0.2) is 24.7 Å². The number of hydrogen-bond donors (Lipinski definition) is 6. The van der Waals surface area contributed by atoms with Crippen LogP contribution in [0.5, 0.6) is 0 Å². The van der Waals surface area contributed by atoms with Gasteiger partial charge in [-0.05, 0) is 24.8 Å². The maximum absolute atomic E-state index is 12.2. The third-order valence-corrected chi connectivity index (χ3v) is 4.24. The van der Waals surface area contributed by atoms with Crippen LogP contribution in [0.2, 0.25) is 0 Å². The van der Waals surface area contributed by atoms with E-state index < -0.39 is 47.2 Å². The highest BCUT2D eigenvalue weighted by Crippen LogP contribution is 2.18. The summed E-state index contributed by atoms with van der Waals surface area (Å²) < 4.78 is 63.5. The number of nitrogens with two attached hydrogens (primary N) is 2. The fourth-order valence-electron chi connectivity index (χ4n) is 2.52. The van der Waals surface area contributed by atoms with Crippen LogP contribution in [0.4, 0.5) is 26.3 Å². The van der Waals surface area contributed by atoms with Gasteiger partial charge in [-0.3, -0.25) is 9.59 Å². The molecule has 1 fully saturated rings. The molecule has 0 spiro atoms. The van der Waals surface area contributed by atoms with Crippen molar-refractivity contribution < 1.29 is 60.8 Å². The zero-order valence-corrected chi connectivity index (χ0v) is 19.5. The van der Waals surface area contributed by atoms with Gasteiger partial charge < -0.3 is 27.0 Å². The molecule has 8 N–H and O–H groups in total. The van der Waals surface area contributed by atoms with Crippen molar-refractivity contribution in [2.75, 3.05) is 13.1 Å². The molecule has 0 radical (unpaired) electrons. The van der Waals surface area contributed by atoms with Gasteiger partial charge in [0.1, 0.15) is 0 Å². The molecule has 39 heavy (non-hydrogen) atoms. The third kappa shape index (κ3) is 18.5. The van der Waals surface area contributed by atoms with Gasteiger partial charge in [0.2, 0.25) is 5.91 Å². The number of hydrogen-bond acceptors (Lipinski definition) is 9. The summed E-state index contributed by atoms with van der Waals surface area (Å²) in [5.41, 5.74) is 20.7. The lowest BCUT2D eigenvalue weighted by molar-refractivity contribution is -0.525. The first kappa shape index (κ1) is 36.8. The summed E-state index contributed by atoms with van der Waals surface area (Å²) in [7, 11) is 0. The average Bonchev–Trinajstić information content (AvgIpc) is 3.23. The summed E-state index contributed by atoms with van der Waals surface area (Å²) in [4.78, 5) is 58.1. The number of aliphatic imine (C=N–C) groups is 1. The zero-order chi connectivity index (χ0) is 31.0. The Hall–Kier alpha value is -4.40. The third-order valence-electron chi connectivity index (χ3n) is 4.24. The summed E-state index contributed by atoms with van der Waals surface area (Å²) in [6.07, 6.45) is -9.10. The van der Waals surface area contributed by atoms with Crippen molar-refractivity contribution in [3.63, 3.8) is 0 Å². The maximum Gasteiger partial charge on any atom is 0.490 e. The molecule has 23 heteroatoms. The first-order chi connectivity index (χ1) is 17.7. The first-order valence-corrected chi connectivity index (χ1v) is 10.1. The van der Waals surface area contributed by atoms with Crippen molar-refractivity contribution in [1.82, 2.24) is 10.7 Å². The fourth-order valence-corrected chi connectivity index (χ4v) is 2.52. The maximum atomic E-state index is 12.2. The lowest BCUT2D eigenvalue weighted by Crippen LogP contribution is -2.36. The number of carbonyl (C=O) groups excluding carboxylic acids is 2. The van der Waals surface area contributed by atoms with E-state index in [1.807, 2.05) is 0 Å². The second-order valence-corrected chi connectivity index (χ2v) is 7.21. The predicted octanol–water partition coefficient (Wildman–Crippen LogP) is 0.231. The SMILES string of the molecule is O=C(O)C(F)(F)F.O=C(O)C(F)(F)F.[N-]=[N+]=NC1CN[C@@H](C(=O)C[C@@H](CCCN=C(N)N[N+](=O)[O-])C(N)=O)C1. The zero-order valence-electron chi connectivity index (χ0n) is 19.5. The van der Waals surface area contributed by atoms with Crippen molar-refractivity contribution in [2.45, 2.75) is 50.1 Å². The highest BCUT2D eigenvalue weighted by Gasteiger charge is 2.39. The summed E-state index contributed by atoms with van der Waals surface area (Å²) in [6, 6.07) is -0.743. The summed E-state index contributed by atoms with van der Waals surface area (Å²) in [5, 5.41) is 30.1. The van der Waals surface area contributed by atoms with E-state index in [0.29, 0.717) is 25.8 Å². The van der Waals surface area contributed by atoms with E-state index in [2.05, 4.69) is 20.3 Å². The van der Waals surface area contributed by atoms with Crippen LogP contribution in [0.1, 0.15) is 25.7 Å². The molecule has 1 aliphatic heterocycles. The van der Waals surface area contributed by atoms with E-state index in [1.54, 1.807) is 5.43 Å². The van der Waals surface area contributed by atoms with Crippen LogP contribution in [0.25, 0.3) is 10.4 Å². The molecule has 3 atom stereocenters. The number of carboxylic acid groups (broad SMARTS) is 2. The molecule has 1 rings (SSSR count). The van der Waals surface area contributed by atoms with E-state index in [0.717, 1.165) is 0 Å². The number of amides is 1. The molecule has 0 aliphatic carbocycles. The van der Waals surface area contributed by atoms with Gasteiger partial charge in [-0.15, -0.1) is 0 Å². The van der Waals surface area contributed by atoms with Crippen molar-refractivity contribution in [2.24, 2.45) is 27.5 Å². The van der Waals surface area contributed by atoms with E-state index in [9.17, 15) is 46.0 Å². The number of ketones is 1. The van der Waals surface area contributed by atoms with E-state index >= 15 is 0 Å². The van der Waals surface area contributed by atoms with Gasteiger partial charge in [0.15, 0.2) is 10.8 Å². The number of hydrazine groups is 1. The first-order valence-electron chi connectivity index (χ1n) is 10.1. The van der Waals surface area contributed by atoms with Crippen molar-refractivity contribution >= 4 is 29.6 Å². The number of azide groups is 1. The van der Waals surface area contributed by atoms with Gasteiger partial charge in [0.25, 0.3) is 5.96 Å². The van der Waals surface area contributed by atoms with Gasteiger partial charge in [0.05, 0.1) is 12.1 Å². The van der Waals surface area contributed by atoms with E-state index in [4.69, 9.17) is 36.8 Å². The molecule has 1 amide bonds. The molecule has 1 heterocycles. The number of aliphatic carboxylic acids is 2. The highest BCUT2D eigenvalue weighted by atomic mass is 19.4. The second-order valence-electron chi connectivity index (χ2n) is 7.21. The number of carbonyl (C=O) groups is 4. The number of alkyl halides is 6. The topological polar surface area (TPSA) is 289 Å². The number of Topliss-reactive ketones (excluding diaryl/α,β-unsaturated/α-hetero) is 1.